The quantitative estimate of drug-likeness (QED) is 0.799. The van der Waals surface area contributed by atoms with Gasteiger partial charge in [-0.3, -0.25) is 0 Å². The average molecular weight is 289 g/mol. The lowest BCUT2D eigenvalue weighted by atomic mass is 10.0. The van der Waals surface area contributed by atoms with Gasteiger partial charge in [0.25, 0.3) is 0 Å². The summed E-state index contributed by atoms with van der Waals surface area (Å²) in [5, 5.41) is 0. The van der Waals surface area contributed by atoms with Crippen LogP contribution in [0.4, 0.5) is 0 Å². The molecule has 0 saturated carbocycles. The van der Waals surface area contributed by atoms with Crippen LogP contribution < -0.4 is 4.74 Å². The third kappa shape index (κ3) is 3.21. The van der Waals surface area contributed by atoms with Gasteiger partial charge in [0.15, 0.2) is 6.10 Å². The van der Waals surface area contributed by atoms with Gasteiger partial charge in [-0.15, -0.1) is 0 Å². The van der Waals surface area contributed by atoms with Crippen LogP contribution >= 0.6 is 0 Å². The minimum absolute atomic E-state index is 0.0491. The van der Waals surface area contributed by atoms with E-state index in [0.29, 0.717) is 17.8 Å². The summed E-state index contributed by atoms with van der Waals surface area (Å²) in [7, 11) is 2.18. The van der Waals surface area contributed by atoms with Crippen molar-refractivity contribution in [1.29, 1.82) is 0 Å². The molecule has 0 aliphatic carbocycles. The zero-order valence-electron chi connectivity index (χ0n) is 12.7. The van der Waals surface area contributed by atoms with Crippen LogP contribution in [-0.4, -0.2) is 42.2 Å². The molecule has 2 fully saturated rings. The van der Waals surface area contributed by atoms with Gasteiger partial charge >= 0.3 is 5.97 Å². The van der Waals surface area contributed by atoms with E-state index in [2.05, 4.69) is 11.9 Å². The number of hydrogen-bond donors (Lipinski definition) is 0. The number of carbonyl (C=O) groups excluding carboxylic acids is 1. The molecule has 2 aliphatic rings. The van der Waals surface area contributed by atoms with Gasteiger partial charge in [0.2, 0.25) is 0 Å². The third-order valence-electron chi connectivity index (χ3n) is 4.73. The Kier molecular flexibility index (Phi) is 4.15. The van der Waals surface area contributed by atoms with Crippen LogP contribution in [0.25, 0.3) is 0 Å². The van der Waals surface area contributed by atoms with Crippen LogP contribution in [0.5, 0.6) is 5.75 Å². The summed E-state index contributed by atoms with van der Waals surface area (Å²) in [6, 6.07) is 10.5. The van der Waals surface area contributed by atoms with Crippen LogP contribution in [-0.2, 0) is 9.53 Å². The van der Waals surface area contributed by atoms with E-state index in [9.17, 15) is 4.79 Å². The molecular formula is C17H23NO3. The molecule has 0 aromatic heterocycles. The maximum Gasteiger partial charge on any atom is 0.347 e. The average Bonchev–Trinajstić information content (AvgIpc) is 2.71. The number of esters is 1. The monoisotopic (exact) mass is 289 g/mol. The molecule has 1 aromatic rings. The Hall–Kier alpha value is -1.55. The number of hydrogen-bond acceptors (Lipinski definition) is 4. The smallest absolute Gasteiger partial charge is 0.347 e. The summed E-state index contributed by atoms with van der Waals surface area (Å²) in [5.74, 6) is 0.443. The maximum absolute atomic E-state index is 12.2. The first-order valence-electron chi connectivity index (χ1n) is 7.77. The normalized spacial score (nSPS) is 29.9. The molecule has 3 rings (SSSR count). The number of ether oxygens (including phenoxy) is 2. The first kappa shape index (κ1) is 14.4. The molecular weight excluding hydrogens is 266 g/mol. The van der Waals surface area contributed by atoms with Crippen LogP contribution in [0, 0.1) is 0 Å². The highest BCUT2D eigenvalue weighted by Crippen LogP contribution is 2.35. The van der Waals surface area contributed by atoms with Gasteiger partial charge in [-0.05, 0) is 51.8 Å². The Bertz CT molecular complexity index is 476. The van der Waals surface area contributed by atoms with E-state index in [0.717, 1.165) is 12.8 Å². The summed E-state index contributed by atoms with van der Waals surface area (Å²) in [4.78, 5) is 14.6. The van der Waals surface area contributed by atoms with E-state index in [-0.39, 0.29) is 12.1 Å². The van der Waals surface area contributed by atoms with Crippen molar-refractivity contribution < 1.29 is 14.3 Å². The van der Waals surface area contributed by atoms with Gasteiger partial charge in [-0.1, -0.05) is 18.2 Å². The Morgan fingerprint density at radius 2 is 1.81 bits per heavy atom. The van der Waals surface area contributed by atoms with E-state index in [1.165, 1.54) is 12.8 Å². The number of rotatable bonds is 4. The molecule has 0 N–H and O–H groups in total. The lowest BCUT2D eigenvalue weighted by molar-refractivity contribution is -0.159. The molecule has 3 unspecified atom stereocenters. The molecule has 114 valence electrons. The van der Waals surface area contributed by atoms with Crippen molar-refractivity contribution >= 4 is 5.97 Å². The van der Waals surface area contributed by atoms with Gasteiger partial charge in [0.05, 0.1) is 0 Å². The first-order chi connectivity index (χ1) is 10.1. The van der Waals surface area contributed by atoms with Crippen molar-refractivity contribution in [1.82, 2.24) is 4.90 Å². The summed E-state index contributed by atoms with van der Waals surface area (Å²) in [6.45, 7) is 1.75. The van der Waals surface area contributed by atoms with E-state index in [1.807, 2.05) is 30.3 Å². The molecule has 2 heterocycles. The molecule has 3 atom stereocenters. The number of benzene rings is 1. The predicted molar refractivity (Wildman–Crippen MR) is 80.2 cm³/mol. The summed E-state index contributed by atoms with van der Waals surface area (Å²) >= 11 is 0. The second kappa shape index (κ2) is 6.06. The van der Waals surface area contributed by atoms with Gasteiger partial charge in [-0.25, -0.2) is 4.79 Å². The van der Waals surface area contributed by atoms with Crippen molar-refractivity contribution in [3.8, 4) is 5.75 Å². The second-order valence-electron chi connectivity index (χ2n) is 6.15. The minimum atomic E-state index is -0.565. The van der Waals surface area contributed by atoms with Crippen molar-refractivity contribution in [3.05, 3.63) is 30.3 Å². The fraction of sp³-hybridized carbons (Fsp3) is 0.588. The van der Waals surface area contributed by atoms with E-state index < -0.39 is 6.10 Å². The zero-order valence-corrected chi connectivity index (χ0v) is 12.7. The van der Waals surface area contributed by atoms with Crippen LogP contribution in [0.2, 0.25) is 0 Å². The Morgan fingerprint density at radius 1 is 1.19 bits per heavy atom. The maximum atomic E-state index is 12.2. The van der Waals surface area contributed by atoms with Gasteiger partial charge in [-0.2, -0.15) is 0 Å². The molecule has 0 amide bonds. The Morgan fingerprint density at radius 3 is 2.43 bits per heavy atom. The summed E-state index contributed by atoms with van der Waals surface area (Å²) in [6.07, 6.45) is 3.85. The van der Waals surface area contributed by atoms with Crippen molar-refractivity contribution in [2.45, 2.75) is 56.9 Å². The molecule has 0 radical (unpaired) electrons. The summed E-state index contributed by atoms with van der Waals surface area (Å²) in [5.41, 5.74) is 0. The van der Waals surface area contributed by atoms with E-state index in [1.54, 1.807) is 6.92 Å². The Labute approximate surface area is 126 Å². The van der Waals surface area contributed by atoms with Crippen molar-refractivity contribution in [2.24, 2.45) is 0 Å². The fourth-order valence-electron chi connectivity index (χ4n) is 3.47. The fourth-order valence-corrected chi connectivity index (χ4v) is 3.47. The van der Waals surface area contributed by atoms with Crippen molar-refractivity contribution in [3.63, 3.8) is 0 Å². The SMILES string of the molecule is CC(Oc1ccccc1)C(=O)OC1CC2CCC(C1)N2C. The number of fused-ring (bicyclic) bond motifs is 2. The number of carbonyl (C=O) groups is 1. The number of piperidine rings is 1. The summed E-state index contributed by atoms with van der Waals surface area (Å²) < 4.78 is 11.3. The highest BCUT2D eigenvalue weighted by atomic mass is 16.6. The largest absolute Gasteiger partial charge is 0.479 e. The molecule has 1 aromatic carbocycles. The highest BCUT2D eigenvalue weighted by molar-refractivity contribution is 5.74. The van der Waals surface area contributed by atoms with E-state index >= 15 is 0 Å². The molecule has 21 heavy (non-hydrogen) atoms. The minimum Gasteiger partial charge on any atom is -0.479 e. The van der Waals surface area contributed by atoms with Crippen LogP contribution in [0.15, 0.2) is 30.3 Å². The Balaban J connectivity index is 1.52. The third-order valence-corrected chi connectivity index (χ3v) is 4.73. The van der Waals surface area contributed by atoms with Gasteiger partial charge in [0.1, 0.15) is 11.9 Å². The number of para-hydroxylation sites is 1. The standard InChI is InChI=1S/C17H23NO3/c1-12(20-15-6-4-3-5-7-15)17(19)21-16-10-13-8-9-14(11-16)18(13)2/h3-7,12-14,16H,8-11H2,1-2H3. The lowest BCUT2D eigenvalue weighted by Crippen LogP contribution is -2.44. The molecule has 2 bridgehead atoms. The molecule has 4 heteroatoms. The van der Waals surface area contributed by atoms with E-state index in [4.69, 9.17) is 9.47 Å². The molecule has 2 aliphatic heterocycles. The zero-order chi connectivity index (χ0) is 14.8. The van der Waals surface area contributed by atoms with Gasteiger partial charge < -0.3 is 14.4 Å². The van der Waals surface area contributed by atoms with Crippen LogP contribution in [0.1, 0.15) is 32.6 Å². The second-order valence-corrected chi connectivity index (χ2v) is 6.15. The highest BCUT2D eigenvalue weighted by Gasteiger charge is 2.40. The van der Waals surface area contributed by atoms with Crippen LogP contribution in [0.3, 0.4) is 0 Å². The molecule has 4 nitrogen and oxygen atoms in total. The topological polar surface area (TPSA) is 38.8 Å². The molecule has 2 saturated heterocycles. The van der Waals surface area contributed by atoms with Gasteiger partial charge in [0, 0.05) is 12.1 Å². The predicted octanol–water partition coefficient (Wildman–Crippen LogP) is 2.62. The number of nitrogens with zero attached hydrogens (tertiary/aromatic N) is 1. The first-order valence-corrected chi connectivity index (χ1v) is 7.77. The molecule has 0 spiro atoms. The lowest BCUT2D eigenvalue weighted by Gasteiger charge is -2.36. The van der Waals surface area contributed by atoms with Crippen molar-refractivity contribution in [2.75, 3.05) is 7.05 Å².